The van der Waals surface area contributed by atoms with Crippen LogP contribution in [0.25, 0.3) is 11.0 Å². The number of halogens is 1. The third kappa shape index (κ3) is 3.31. The molecule has 2 N–H and O–H groups in total. The van der Waals surface area contributed by atoms with Crippen LogP contribution in [-0.2, 0) is 6.54 Å². The van der Waals surface area contributed by atoms with E-state index in [9.17, 15) is 4.79 Å². The lowest BCUT2D eigenvalue weighted by Crippen LogP contribution is -2.29. The molecule has 3 aromatic rings. The van der Waals surface area contributed by atoms with Crippen LogP contribution in [0.3, 0.4) is 0 Å². The number of aromatic nitrogens is 3. The fourth-order valence-electron chi connectivity index (χ4n) is 3.80. The number of benzene rings is 1. The number of carbonyl (C=O) groups excluding carboxylic acids is 1. The van der Waals surface area contributed by atoms with E-state index in [-0.39, 0.29) is 11.8 Å². The highest BCUT2D eigenvalue weighted by molar-refractivity contribution is 6.31. The van der Waals surface area contributed by atoms with Gasteiger partial charge in [-0.05, 0) is 36.8 Å². The van der Waals surface area contributed by atoms with Gasteiger partial charge < -0.3 is 15.4 Å². The normalized spacial score (nSPS) is 16.7. The number of rotatable bonds is 5. The molecule has 7 nitrogen and oxygen atoms in total. The van der Waals surface area contributed by atoms with Crippen LogP contribution in [0.5, 0.6) is 5.75 Å². The molecule has 2 aromatic heterocycles. The van der Waals surface area contributed by atoms with Crippen molar-refractivity contribution in [2.75, 3.05) is 26.7 Å². The summed E-state index contributed by atoms with van der Waals surface area (Å²) in [7, 11) is 1.55. The SMILES string of the molecule is COc1ccc(Cl)cc1C(=O)N1CCC(c2nn(CCN)c3ncccc23)C1. The zero-order valence-electron chi connectivity index (χ0n) is 15.6. The topological polar surface area (TPSA) is 86.3 Å². The van der Waals surface area contributed by atoms with Gasteiger partial charge in [0.1, 0.15) is 5.75 Å². The molecule has 1 fully saturated rings. The second-order valence-electron chi connectivity index (χ2n) is 6.85. The maximum Gasteiger partial charge on any atom is 0.257 e. The first-order valence-electron chi connectivity index (χ1n) is 9.26. The maximum absolute atomic E-state index is 13.1. The molecular formula is C20H22ClN5O2. The van der Waals surface area contributed by atoms with Crippen LogP contribution < -0.4 is 10.5 Å². The summed E-state index contributed by atoms with van der Waals surface area (Å²) in [6.45, 7) is 2.36. The Kier molecular flexibility index (Phi) is 5.19. The zero-order valence-corrected chi connectivity index (χ0v) is 16.4. The lowest BCUT2D eigenvalue weighted by molar-refractivity contribution is 0.0787. The highest BCUT2D eigenvalue weighted by Crippen LogP contribution is 2.33. The summed E-state index contributed by atoms with van der Waals surface area (Å²) in [5.41, 5.74) is 8.01. The van der Waals surface area contributed by atoms with Gasteiger partial charge in [0, 0.05) is 42.2 Å². The molecule has 8 heteroatoms. The first-order chi connectivity index (χ1) is 13.6. The van der Waals surface area contributed by atoms with E-state index in [4.69, 9.17) is 27.2 Å². The summed E-state index contributed by atoms with van der Waals surface area (Å²) in [5.74, 6) is 0.602. The molecule has 28 heavy (non-hydrogen) atoms. The van der Waals surface area contributed by atoms with Crippen molar-refractivity contribution in [3.63, 3.8) is 0 Å². The van der Waals surface area contributed by atoms with Crippen molar-refractivity contribution in [1.82, 2.24) is 19.7 Å². The molecule has 0 radical (unpaired) electrons. The van der Waals surface area contributed by atoms with Gasteiger partial charge in [0.2, 0.25) is 0 Å². The van der Waals surface area contributed by atoms with Crippen molar-refractivity contribution in [2.45, 2.75) is 18.9 Å². The van der Waals surface area contributed by atoms with Crippen molar-refractivity contribution in [1.29, 1.82) is 0 Å². The third-order valence-electron chi connectivity index (χ3n) is 5.13. The van der Waals surface area contributed by atoms with E-state index >= 15 is 0 Å². The van der Waals surface area contributed by atoms with Crippen LogP contribution in [0.1, 0.15) is 28.4 Å². The predicted octanol–water partition coefficient (Wildman–Crippen LogP) is 2.68. The average Bonchev–Trinajstić information content (AvgIpc) is 3.33. The van der Waals surface area contributed by atoms with Gasteiger partial charge in [0.25, 0.3) is 5.91 Å². The minimum atomic E-state index is -0.0781. The summed E-state index contributed by atoms with van der Waals surface area (Å²) in [6, 6.07) is 9.03. The molecule has 1 atom stereocenters. The third-order valence-corrected chi connectivity index (χ3v) is 5.37. The molecular weight excluding hydrogens is 378 g/mol. The van der Waals surface area contributed by atoms with E-state index in [1.54, 1.807) is 31.5 Å². The maximum atomic E-state index is 13.1. The average molecular weight is 400 g/mol. The monoisotopic (exact) mass is 399 g/mol. The Morgan fingerprint density at radius 2 is 2.25 bits per heavy atom. The number of likely N-dealkylation sites (tertiary alicyclic amines) is 1. The van der Waals surface area contributed by atoms with Crippen LogP contribution in [0.4, 0.5) is 0 Å². The van der Waals surface area contributed by atoms with E-state index < -0.39 is 0 Å². The number of hydrogen-bond acceptors (Lipinski definition) is 5. The minimum Gasteiger partial charge on any atom is -0.496 e. The van der Waals surface area contributed by atoms with E-state index in [0.29, 0.717) is 42.5 Å². The van der Waals surface area contributed by atoms with Crippen molar-refractivity contribution >= 4 is 28.5 Å². The molecule has 146 valence electrons. The fraction of sp³-hybridized carbons (Fsp3) is 0.350. The van der Waals surface area contributed by atoms with Crippen LogP contribution in [0.2, 0.25) is 5.02 Å². The van der Waals surface area contributed by atoms with E-state index in [0.717, 1.165) is 23.1 Å². The Morgan fingerprint density at radius 1 is 1.39 bits per heavy atom. The van der Waals surface area contributed by atoms with Gasteiger partial charge in [-0.15, -0.1) is 0 Å². The van der Waals surface area contributed by atoms with E-state index in [1.807, 2.05) is 21.7 Å². The fourth-order valence-corrected chi connectivity index (χ4v) is 3.97. The summed E-state index contributed by atoms with van der Waals surface area (Å²) in [4.78, 5) is 19.4. The highest BCUT2D eigenvalue weighted by Gasteiger charge is 2.32. The molecule has 1 saturated heterocycles. The quantitative estimate of drug-likeness (QED) is 0.712. The lowest BCUT2D eigenvalue weighted by atomic mass is 10.0. The Balaban J connectivity index is 1.61. The molecule has 3 heterocycles. The molecule has 1 aliphatic heterocycles. The number of nitrogens with zero attached hydrogens (tertiary/aromatic N) is 4. The molecule has 0 aliphatic carbocycles. The number of nitrogens with two attached hydrogens (primary N) is 1. The standard InChI is InChI=1S/C20H22ClN5O2/c1-28-17-5-4-14(21)11-16(17)20(27)25-9-6-13(12-25)18-15-3-2-8-23-19(15)26(24-18)10-7-22/h2-5,8,11,13H,6-7,9-10,12,22H2,1H3. The zero-order chi connectivity index (χ0) is 19.7. The number of ether oxygens (including phenoxy) is 1. The Labute approximate surface area is 168 Å². The second kappa shape index (κ2) is 7.77. The van der Waals surface area contributed by atoms with E-state index in [1.165, 1.54) is 0 Å². The van der Waals surface area contributed by atoms with E-state index in [2.05, 4.69) is 4.98 Å². The number of pyridine rings is 1. The molecule has 0 bridgehead atoms. The summed E-state index contributed by atoms with van der Waals surface area (Å²) in [6.07, 6.45) is 2.61. The van der Waals surface area contributed by atoms with Crippen LogP contribution in [0.15, 0.2) is 36.5 Å². The highest BCUT2D eigenvalue weighted by atomic mass is 35.5. The van der Waals surface area contributed by atoms with Gasteiger partial charge in [0.15, 0.2) is 5.65 Å². The first kappa shape index (κ1) is 18.7. The summed E-state index contributed by atoms with van der Waals surface area (Å²) >= 11 is 6.09. The number of amides is 1. The Hall–Kier alpha value is -2.64. The molecule has 1 amide bonds. The van der Waals surface area contributed by atoms with Gasteiger partial charge in [0.05, 0.1) is 24.9 Å². The van der Waals surface area contributed by atoms with Gasteiger partial charge in [-0.2, -0.15) is 5.10 Å². The van der Waals surface area contributed by atoms with Gasteiger partial charge in [-0.3, -0.25) is 4.79 Å². The summed E-state index contributed by atoms with van der Waals surface area (Å²) in [5, 5.41) is 6.30. The molecule has 1 aromatic carbocycles. The number of fused-ring (bicyclic) bond motifs is 1. The van der Waals surface area contributed by atoms with Gasteiger partial charge >= 0.3 is 0 Å². The Bertz CT molecular complexity index is 1020. The molecule has 0 spiro atoms. The predicted molar refractivity (Wildman–Crippen MR) is 108 cm³/mol. The van der Waals surface area contributed by atoms with Crippen LogP contribution >= 0.6 is 11.6 Å². The number of hydrogen-bond donors (Lipinski definition) is 1. The smallest absolute Gasteiger partial charge is 0.257 e. The van der Waals surface area contributed by atoms with Gasteiger partial charge in [-0.1, -0.05) is 11.6 Å². The minimum absolute atomic E-state index is 0.0781. The summed E-state index contributed by atoms with van der Waals surface area (Å²) < 4.78 is 7.19. The van der Waals surface area contributed by atoms with Gasteiger partial charge in [-0.25, -0.2) is 9.67 Å². The van der Waals surface area contributed by atoms with Crippen LogP contribution in [0, 0.1) is 0 Å². The number of methoxy groups -OCH3 is 1. The molecule has 1 aliphatic rings. The second-order valence-corrected chi connectivity index (χ2v) is 7.29. The first-order valence-corrected chi connectivity index (χ1v) is 9.64. The molecule has 4 rings (SSSR count). The molecule has 0 saturated carbocycles. The van der Waals surface area contributed by atoms with Crippen molar-refractivity contribution in [2.24, 2.45) is 5.73 Å². The number of carbonyl (C=O) groups is 1. The van der Waals surface area contributed by atoms with Crippen molar-refractivity contribution in [3.8, 4) is 5.75 Å². The van der Waals surface area contributed by atoms with Crippen molar-refractivity contribution < 1.29 is 9.53 Å². The van der Waals surface area contributed by atoms with Crippen LogP contribution in [-0.4, -0.2) is 52.3 Å². The molecule has 1 unspecified atom stereocenters. The lowest BCUT2D eigenvalue weighted by Gasteiger charge is -2.18. The Morgan fingerprint density at radius 3 is 3.04 bits per heavy atom. The van der Waals surface area contributed by atoms with Crippen molar-refractivity contribution in [3.05, 3.63) is 52.8 Å². The largest absolute Gasteiger partial charge is 0.496 e.